The highest BCUT2D eigenvalue weighted by Gasteiger charge is 2.54. The van der Waals surface area contributed by atoms with Crippen LogP contribution in [0.15, 0.2) is 24.3 Å². The number of aliphatic hydroxyl groups is 11. The molecule has 0 bridgehead atoms. The second kappa shape index (κ2) is 60.5. The van der Waals surface area contributed by atoms with Gasteiger partial charge >= 0.3 is 0 Å². The number of unbranched alkanes of at least 4 members (excludes halogenated alkanes) is 47. The summed E-state index contributed by atoms with van der Waals surface area (Å²) in [6.07, 6.45) is 45.9. The molecule has 17 unspecified atom stereocenters. The first-order valence-corrected chi connectivity index (χ1v) is 40.6. The third-order valence-corrected chi connectivity index (χ3v) is 20.5. The number of carbonyl (C=O) groups excluding carboxylic acids is 1. The Kier molecular flexibility index (Phi) is 55.9. The quantitative estimate of drug-likeness (QED) is 0.0199. The highest BCUT2D eigenvalue weighted by molar-refractivity contribution is 5.76. The van der Waals surface area contributed by atoms with Crippen molar-refractivity contribution in [2.75, 3.05) is 26.4 Å². The summed E-state index contributed by atoms with van der Waals surface area (Å²) in [5, 5.41) is 121. The molecule has 12 N–H and O–H groups in total. The summed E-state index contributed by atoms with van der Waals surface area (Å²) in [6, 6.07) is -0.972. The van der Waals surface area contributed by atoms with Crippen molar-refractivity contribution in [1.29, 1.82) is 0 Å². The molecular weight excluding hydrogens is 1250 g/mol. The van der Waals surface area contributed by atoms with Gasteiger partial charge in [-0.3, -0.25) is 4.79 Å². The topological polar surface area (TPSA) is 307 Å². The smallest absolute Gasteiger partial charge is 0.220 e. The number of ether oxygens (including phenoxy) is 6. The number of amides is 1. The van der Waals surface area contributed by atoms with Crippen LogP contribution >= 0.6 is 0 Å². The molecule has 578 valence electrons. The molecule has 0 spiro atoms. The van der Waals surface area contributed by atoms with Crippen molar-refractivity contribution in [1.82, 2.24) is 5.32 Å². The van der Waals surface area contributed by atoms with Crippen LogP contribution in [-0.2, 0) is 33.2 Å². The lowest BCUT2D eigenvalue weighted by Gasteiger charge is -2.48. The molecular formula is C79H149NO18. The van der Waals surface area contributed by atoms with E-state index in [0.717, 1.165) is 44.9 Å². The van der Waals surface area contributed by atoms with E-state index in [4.69, 9.17) is 28.4 Å². The Hall–Kier alpha value is -1.73. The number of hydrogen-bond donors (Lipinski definition) is 12. The highest BCUT2D eigenvalue weighted by atomic mass is 16.8. The van der Waals surface area contributed by atoms with Crippen LogP contribution < -0.4 is 5.32 Å². The number of rotatable bonds is 65. The number of hydrogen-bond acceptors (Lipinski definition) is 18. The van der Waals surface area contributed by atoms with Gasteiger partial charge in [0.1, 0.15) is 73.2 Å². The maximum absolute atomic E-state index is 13.5. The van der Waals surface area contributed by atoms with E-state index < -0.39 is 124 Å². The lowest BCUT2D eigenvalue weighted by atomic mass is 9.96. The van der Waals surface area contributed by atoms with E-state index in [-0.39, 0.29) is 18.9 Å². The molecule has 0 radical (unpaired) electrons. The van der Waals surface area contributed by atoms with Gasteiger partial charge in [0.05, 0.1) is 38.6 Å². The lowest BCUT2D eigenvalue weighted by Crippen LogP contribution is -2.66. The number of carbonyl (C=O) groups is 1. The van der Waals surface area contributed by atoms with Crippen molar-refractivity contribution >= 4 is 5.91 Å². The summed E-state index contributed by atoms with van der Waals surface area (Å²) >= 11 is 0. The first kappa shape index (κ1) is 90.5. The summed E-state index contributed by atoms with van der Waals surface area (Å²) in [5.74, 6) is -0.269. The molecule has 3 heterocycles. The Balaban J connectivity index is 1.38. The predicted molar refractivity (Wildman–Crippen MR) is 388 cm³/mol. The van der Waals surface area contributed by atoms with Gasteiger partial charge in [0.25, 0.3) is 0 Å². The van der Waals surface area contributed by atoms with Gasteiger partial charge in [-0.1, -0.05) is 314 Å². The minimum absolute atomic E-state index is 0.247. The van der Waals surface area contributed by atoms with Crippen molar-refractivity contribution in [2.45, 2.75) is 446 Å². The normalized spacial score (nSPS) is 26.8. The van der Waals surface area contributed by atoms with E-state index in [2.05, 4.69) is 31.3 Å². The van der Waals surface area contributed by atoms with E-state index in [0.29, 0.717) is 6.42 Å². The zero-order valence-electron chi connectivity index (χ0n) is 61.8. The van der Waals surface area contributed by atoms with Gasteiger partial charge in [0.15, 0.2) is 18.9 Å². The summed E-state index contributed by atoms with van der Waals surface area (Å²) in [6.45, 7) is 1.79. The van der Waals surface area contributed by atoms with E-state index in [1.807, 2.05) is 6.08 Å². The number of allylic oxidation sites excluding steroid dienone is 3. The third-order valence-electron chi connectivity index (χ3n) is 20.5. The van der Waals surface area contributed by atoms with Crippen LogP contribution in [0.5, 0.6) is 0 Å². The molecule has 0 aromatic heterocycles. The molecule has 19 nitrogen and oxygen atoms in total. The van der Waals surface area contributed by atoms with Crippen molar-refractivity contribution in [3.8, 4) is 0 Å². The number of aliphatic hydroxyl groups excluding tert-OH is 11. The SMILES string of the molecule is CCCCCCCCCC/C=C\CCCCCCCCCCCCCCCCCC(=O)NC(COC1OC(CO)C(OC2OC(CO)C(OC3OC(CO)C(O)C(O)C3O)C(O)C2O)C(O)C1O)C(O)/C=C/CCCCCCCCCCCCCCCCCCCCCCCCCC. The molecule has 3 rings (SSSR count). The number of nitrogens with one attached hydrogen (secondary N) is 1. The van der Waals surface area contributed by atoms with E-state index in [1.54, 1.807) is 6.08 Å². The minimum atomic E-state index is -1.98. The zero-order valence-corrected chi connectivity index (χ0v) is 61.8. The van der Waals surface area contributed by atoms with Gasteiger partial charge in [0.2, 0.25) is 5.91 Å². The first-order chi connectivity index (χ1) is 47.8. The largest absolute Gasteiger partial charge is 0.394 e. The predicted octanol–water partition coefficient (Wildman–Crippen LogP) is 13.3. The van der Waals surface area contributed by atoms with Crippen LogP contribution in [0.1, 0.15) is 341 Å². The summed E-state index contributed by atoms with van der Waals surface area (Å²) < 4.78 is 34.5. The molecule has 3 aliphatic rings. The second-order valence-electron chi connectivity index (χ2n) is 29.2. The fourth-order valence-electron chi connectivity index (χ4n) is 14.0. The lowest BCUT2D eigenvalue weighted by molar-refractivity contribution is -0.379. The standard InChI is InChI=1S/C79H149NO18/c1-3-5-7-9-11-13-15-17-19-21-23-25-27-29-31-33-35-37-39-41-43-45-47-49-51-53-55-57-67(85)80-62(63(84)56-54-52-50-48-46-44-42-40-38-36-34-32-30-28-26-24-22-20-18-16-14-12-10-8-6-4-2)61-93-77-73(91)70(88)75(65(59-82)95-77)98-79-74(92)71(89)76(66(60-83)96-79)97-78-72(90)69(87)68(86)64(58-81)94-78/h21,23,54,56,62-66,68-79,81-84,86-92H,3-20,22,24-53,55,57-61H2,1-2H3,(H,80,85)/b23-21-,56-54+. The molecule has 19 heteroatoms. The molecule has 3 aliphatic heterocycles. The Morgan fingerprint density at radius 2 is 0.643 bits per heavy atom. The van der Waals surface area contributed by atoms with E-state index in [1.165, 1.54) is 270 Å². The minimum Gasteiger partial charge on any atom is -0.394 e. The van der Waals surface area contributed by atoms with Crippen molar-refractivity contribution in [3.63, 3.8) is 0 Å². The molecule has 0 aromatic rings. The van der Waals surface area contributed by atoms with E-state index in [9.17, 15) is 61.0 Å². The highest BCUT2D eigenvalue weighted by Crippen LogP contribution is 2.33. The van der Waals surface area contributed by atoms with Crippen LogP contribution in [0.3, 0.4) is 0 Å². The van der Waals surface area contributed by atoms with Crippen molar-refractivity contribution < 1.29 is 89.4 Å². The van der Waals surface area contributed by atoms with Crippen LogP contribution in [0.4, 0.5) is 0 Å². The maximum Gasteiger partial charge on any atom is 0.220 e. The molecule has 3 saturated heterocycles. The molecule has 98 heavy (non-hydrogen) atoms. The van der Waals surface area contributed by atoms with Gasteiger partial charge in [-0.05, 0) is 44.9 Å². The van der Waals surface area contributed by atoms with Gasteiger partial charge in [-0.15, -0.1) is 0 Å². The van der Waals surface area contributed by atoms with Gasteiger partial charge in [-0.25, -0.2) is 0 Å². The summed E-state index contributed by atoms with van der Waals surface area (Å²) in [4.78, 5) is 13.5. The Labute approximate surface area is 594 Å². The third kappa shape index (κ3) is 40.5. The maximum atomic E-state index is 13.5. The van der Waals surface area contributed by atoms with Crippen LogP contribution in [0.2, 0.25) is 0 Å². The zero-order chi connectivity index (χ0) is 71.1. The fourth-order valence-corrected chi connectivity index (χ4v) is 14.0. The molecule has 3 fully saturated rings. The van der Waals surface area contributed by atoms with Gasteiger partial charge in [-0.2, -0.15) is 0 Å². The Morgan fingerprint density at radius 1 is 0.357 bits per heavy atom. The van der Waals surface area contributed by atoms with Gasteiger partial charge in [0, 0.05) is 6.42 Å². The average molecular weight is 1400 g/mol. The Bertz CT molecular complexity index is 1870. The second-order valence-corrected chi connectivity index (χ2v) is 29.2. The summed E-state index contributed by atoms with van der Waals surface area (Å²) in [5.41, 5.74) is 0. The molecule has 0 saturated carbocycles. The first-order valence-electron chi connectivity index (χ1n) is 40.6. The fraction of sp³-hybridized carbons (Fsp3) is 0.937. The van der Waals surface area contributed by atoms with Crippen LogP contribution in [0, 0.1) is 0 Å². The molecule has 17 atom stereocenters. The molecule has 0 aliphatic carbocycles. The van der Waals surface area contributed by atoms with Gasteiger partial charge < -0.3 is 89.9 Å². The van der Waals surface area contributed by atoms with Crippen molar-refractivity contribution in [2.24, 2.45) is 0 Å². The van der Waals surface area contributed by atoms with Crippen molar-refractivity contribution in [3.05, 3.63) is 24.3 Å². The summed E-state index contributed by atoms with van der Waals surface area (Å²) in [7, 11) is 0. The molecule has 0 aromatic carbocycles. The average Bonchev–Trinajstić information content (AvgIpc) is 0.785. The monoisotopic (exact) mass is 1400 g/mol. The Morgan fingerprint density at radius 3 is 0.990 bits per heavy atom. The van der Waals surface area contributed by atoms with E-state index >= 15 is 0 Å². The van der Waals surface area contributed by atoms with Crippen LogP contribution in [0.25, 0.3) is 0 Å². The van der Waals surface area contributed by atoms with Crippen LogP contribution in [-0.4, -0.2) is 193 Å². The molecule has 1 amide bonds.